The van der Waals surface area contributed by atoms with Gasteiger partial charge in [0.2, 0.25) is 12.7 Å². The number of aromatic nitrogens is 6. The van der Waals surface area contributed by atoms with E-state index < -0.39 is 10.8 Å². The molecule has 0 aliphatic carbocycles. The summed E-state index contributed by atoms with van der Waals surface area (Å²) in [6.07, 6.45) is 4.36. The van der Waals surface area contributed by atoms with E-state index in [1.807, 2.05) is 85.9 Å². The number of aryl methyl sites for hydroxylation is 4. The Labute approximate surface area is 251 Å². The van der Waals surface area contributed by atoms with Crippen molar-refractivity contribution in [3.8, 4) is 0 Å². The average molecular weight is 682 g/mol. The fourth-order valence-electron chi connectivity index (χ4n) is 3.29. The Hall–Kier alpha value is -2.70. The SMILES string of the molecule is Cn1nc[n+](C)c1N=Nc1ccc(NCCCNc2ccc(N=Nc3n(C)nc[n+]3C)cc2)cc1.[Cl][Zn-2]([Cl])([Cl])[Cl]. The van der Waals surface area contributed by atoms with Crippen molar-refractivity contribution >= 4 is 73.4 Å². The molecule has 0 radical (unpaired) electrons. The third kappa shape index (κ3) is 11.1. The van der Waals surface area contributed by atoms with Crippen molar-refractivity contribution in [1.82, 2.24) is 19.6 Å². The zero-order chi connectivity index (χ0) is 29.1. The molecule has 0 aliphatic heterocycles. The zero-order valence-electron chi connectivity index (χ0n) is 22.6. The molecule has 0 bridgehead atoms. The van der Waals surface area contributed by atoms with Gasteiger partial charge in [0.05, 0.1) is 39.6 Å². The molecule has 4 rings (SSSR count). The van der Waals surface area contributed by atoms with Crippen LogP contribution in [-0.2, 0) is 39.0 Å². The second kappa shape index (κ2) is 15.3. The van der Waals surface area contributed by atoms with Gasteiger partial charge in [-0.25, -0.2) is 9.13 Å². The molecule has 17 heteroatoms. The van der Waals surface area contributed by atoms with E-state index in [0.29, 0.717) is 11.9 Å². The molecule has 0 unspecified atom stereocenters. The second-order valence-electron chi connectivity index (χ2n) is 8.64. The summed E-state index contributed by atoms with van der Waals surface area (Å²) in [6, 6.07) is 15.8. The van der Waals surface area contributed by atoms with Gasteiger partial charge in [0.1, 0.15) is 0 Å². The normalized spacial score (nSPS) is 11.6. The van der Waals surface area contributed by atoms with E-state index in [2.05, 4.69) is 41.3 Å². The van der Waals surface area contributed by atoms with Crippen LogP contribution in [0.3, 0.4) is 0 Å². The summed E-state index contributed by atoms with van der Waals surface area (Å²) in [5, 5.41) is 32.2. The van der Waals surface area contributed by atoms with Crippen LogP contribution in [0.5, 0.6) is 0 Å². The van der Waals surface area contributed by atoms with E-state index in [1.54, 1.807) is 22.0 Å². The van der Waals surface area contributed by atoms with E-state index >= 15 is 0 Å². The summed E-state index contributed by atoms with van der Waals surface area (Å²) in [6.45, 7) is 1.71. The predicted octanol–water partition coefficient (Wildman–Crippen LogP) is 6.30. The topological polar surface area (TPSA) is 117 Å². The molecule has 2 N–H and O–H groups in total. The molecule has 0 saturated heterocycles. The summed E-state index contributed by atoms with van der Waals surface area (Å²) in [7, 11) is 24.3. The van der Waals surface area contributed by atoms with Crippen molar-refractivity contribution in [2.75, 3.05) is 23.7 Å². The summed E-state index contributed by atoms with van der Waals surface area (Å²) < 4.78 is 6.99. The van der Waals surface area contributed by atoms with Crippen LogP contribution in [0.4, 0.5) is 34.6 Å². The molecule has 2 aromatic heterocycles. The van der Waals surface area contributed by atoms with E-state index in [0.717, 1.165) is 42.3 Å². The predicted molar refractivity (Wildman–Crippen MR) is 155 cm³/mol. The number of nitrogens with zero attached hydrogens (tertiary/aromatic N) is 10. The Morgan fingerprint density at radius 3 is 1.32 bits per heavy atom. The molecule has 4 aromatic rings. The summed E-state index contributed by atoms with van der Waals surface area (Å²) in [4.78, 5) is 0. The number of nitrogens with one attached hydrogen (secondary N) is 2. The summed E-state index contributed by atoms with van der Waals surface area (Å²) >= 11 is 0. The molecular weight excluding hydrogens is 652 g/mol. The Bertz CT molecular complexity index is 1270. The van der Waals surface area contributed by atoms with E-state index in [4.69, 9.17) is 38.8 Å². The number of rotatable bonds is 10. The number of halogens is 4. The molecule has 0 aliphatic rings. The number of benzene rings is 2. The quantitative estimate of drug-likeness (QED) is 0.0884. The first kappa shape index (κ1) is 31.8. The standard InChI is InChI=1S/C23H28N12.4ClH.Zn/c1-32-16-26-34(3)22(32)30-28-20-10-6-18(7-11-20)24-14-5-15-25-19-8-12-21(13-9-19)29-31-23-33(2)17-27-35(23)4;;;;;/h6-13,16-17H,5,14-15H2,1-4H3;4*1H;/q;;;;;+2/p-2. The first-order valence-corrected chi connectivity index (χ1v) is 27.9. The number of hydrogen-bond acceptors (Lipinski definition) is 8. The molecule has 2 heterocycles. The van der Waals surface area contributed by atoms with Gasteiger partial charge < -0.3 is 10.6 Å². The van der Waals surface area contributed by atoms with Crippen LogP contribution in [0.2, 0.25) is 0 Å². The molecule has 12 nitrogen and oxygen atoms in total. The Morgan fingerprint density at radius 1 is 0.675 bits per heavy atom. The third-order valence-electron chi connectivity index (χ3n) is 5.26. The fraction of sp³-hybridized carbons (Fsp3) is 0.304. The Kier molecular flexibility index (Phi) is 12.2. The average Bonchev–Trinajstić information content (AvgIpc) is 3.40. The number of hydrogen-bond donors (Lipinski definition) is 2. The first-order valence-electron chi connectivity index (χ1n) is 12.3. The third-order valence-corrected chi connectivity index (χ3v) is 5.26. The van der Waals surface area contributed by atoms with Gasteiger partial charge >= 0.3 is 61.5 Å². The molecule has 0 fully saturated rings. The van der Waals surface area contributed by atoms with Crippen molar-refractivity contribution in [3.63, 3.8) is 0 Å². The van der Waals surface area contributed by atoms with E-state index in [1.165, 1.54) is 0 Å². The minimum absolute atomic E-state index is 0.678. The summed E-state index contributed by atoms with van der Waals surface area (Å²) in [5.74, 6) is 1.36. The number of anilines is 2. The van der Waals surface area contributed by atoms with Crippen molar-refractivity contribution in [3.05, 3.63) is 61.2 Å². The van der Waals surface area contributed by atoms with Crippen molar-refractivity contribution in [2.45, 2.75) is 6.42 Å². The Balaban J connectivity index is 0.000000810. The maximum atomic E-state index is 5.05. The van der Waals surface area contributed by atoms with Crippen LogP contribution in [0.25, 0.3) is 0 Å². The summed E-state index contributed by atoms with van der Waals surface area (Å²) in [5.41, 5.74) is 3.67. The van der Waals surface area contributed by atoms with Gasteiger partial charge in [0.25, 0.3) is 0 Å². The number of azo groups is 2. The van der Waals surface area contributed by atoms with Gasteiger partial charge in [-0.15, -0.1) is 9.36 Å². The maximum absolute atomic E-state index is 5.05. The fourth-order valence-corrected chi connectivity index (χ4v) is 3.29. The molecule has 0 atom stereocenters. The molecular formula is C23H30Cl4N12Zn. The van der Waals surface area contributed by atoms with Gasteiger partial charge in [-0.05, 0) is 65.1 Å². The van der Waals surface area contributed by atoms with Gasteiger partial charge in [0.15, 0.2) is 0 Å². The monoisotopic (exact) mass is 678 g/mol. The van der Waals surface area contributed by atoms with Crippen LogP contribution in [0.15, 0.2) is 81.6 Å². The van der Waals surface area contributed by atoms with Crippen LogP contribution < -0.4 is 19.8 Å². The molecule has 0 amide bonds. The van der Waals surface area contributed by atoms with Crippen molar-refractivity contribution < 1.29 is 19.9 Å². The van der Waals surface area contributed by atoms with Crippen LogP contribution >= 0.6 is 38.8 Å². The molecule has 40 heavy (non-hydrogen) atoms. The van der Waals surface area contributed by atoms with Gasteiger partial charge in [-0.3, -0.25) is 0 Å². The first-order chi connectivity index (χ1) is 19.0. The van der Waals surface area contributed by atoms with Crippen LogP contribution in [0.1, 0.15) is 6.42 Å². The minimum atomic E-state index is -3.36. The van der Waals surface area contributed by atoms with Crippen molar-refractivity contribution in [1.29, 1.82) is 0 Å². The van der Waals surface area contributed by atoms with Gasteiger partial charge in [-0.2, -0.15) is 0 Å². The molecule has 0 spiro atoms. The van der Waals surface area contributed by atoms with Crippen molar-refractivity contribution in [2.24, 2.45) is 48.6 Å². The van der Waals surface area contributed by atoms with E-state index in [9.17, 15) is 0 Å². The van der Waals surface area contributed by atoms with Crippen LogP contribution in [0, 0.1) is 0 Å². The van der Waals surface area contributed by atoms with Gasteiger partial charge in [0, 0.05) is 34.7 Å². The second-order valence-corrected chi connectivity index (χ2v) is 36.4. The molecule has 0 saturated carbocycles. The molecule has 212 valence electrons. The molecule has 2 aromatic carbocycles. The van der Waals surface area contributed by atoms with E-state index in [-0.39, 0.29) is 0 Å². The zero-order valence-corrected chi connectivity index (χ0v) is 28.6. The Morgan fingerprint density at radius 2 is 1.02 bits per heavy atom. The van der Waals surface area contributed by atoms with Crippen LogP contribution in [-0.4, -0.2) is 32.7 Å². The van der Waals surface area contributed by atoms with Gasteiger partial charge in [-0.1, -0.05) is 10.2 Å².